The highest BCUT2D eigenvalue weighted by atomic mass is 16.5. The van der Waals surface area contributed by atoms with Crippen LogP contribution in [0.2, 0.25) is 0 Å². The molecule has 0 saturated carbocycles. The number of aliphatic hydroxyl groups is 1. The zero-order chi connectivity index (χ0) is 16.0. The van der Waals surface area contributed by atoms with Crippen LogP contribution in [0.5, 0.6) is 0 Å². The van der Waals surface area contributed by atoms with Crippen molar-refractivity contribution in [1.29, 1.82) is 0 Å². The smallest absolute Gasteiger partial charge is 0.0713 e. The lowest BCUT2D eigenvalue weighted by molar-refractivity contribution is 0.185. The number of benzene rings is 1. The van der Waals surface area contributed by atoms with Gasteiger partial charge in [0, 0.05) is 13.7 Å². The second-order valence-corrected chi connectivity index (χ2v) is 5.99. The Morgan fingerprint density at radius 3 is 2.68 bits per heavy atom. The minimum absolute atomic E-state index is 0.308. The molecule has 1 aromatic carbocycles. The summed E-state index contributed by atoms with van der Waals surface area (Å²) in [6, 6.07) is 8.64. The summed E-state index contributed by atoms with van der Waals surface area (Å²) in [6.07, 6.45) is 12.6. The Morgan fingerprint density at radius 2 is 1.95 bits per heavy atom. The predicted molar refractivity (Wildman–Crippen MR) is 94.0 cm³/mol. The van der Waals surface area contributed by atoms with Crippen LogP contribution < -0.4 is 0 Å². The molecule has 1 atom stereocenters. The van der Waals surface area contributed by atoms with E-state index in [1.165, 1.54) is 30.4 Å². The van der Waals surface area contributed by atoms with E-state index in [2.05, 4.69) is 43.3 Å². The van der Waals surface area contributed by atoms with E-state index in [1.807, 2.05) is 0 Å². The Kier molecular flexibility index (Phi) is 10.7. The number of ether oxygens (including phenoxy) is 1. The van der Waals surface area contributed by atoms with E-state index < -0.39 is 0 Å². The maximum atomic E-state index is 9.00. The maximum absolute atomic E-state index is 9.00. The lowest BCUT2D eigenvalue weighted by atomic mass is 9.95. The van der Waals surface area contributed by atoms with Crippen molar-refractivity contribution in [2.75, 3.05) is 13.7 Å². The molecular weight excluding hydrogens is 272 g/mol. The van der Waals surface area contributed by atoms with Crippen LogP contribution in [0.25, 0.3) is 0 Å². The third kappa shape index (κ3) is 8.35. The van der Waals surface area contributed by atoms with Crippen molar-refractivity contribution in [1.82, 2.24) is 0 Å². The van der Waals surface area contributed by atoms with Crippen LogP contribution in [0, 0.1) is 5.92 Å². The summed E-state index contributed by atoms with van der Waals surface area (Å²) in [5.41, 5.74) is 2.62. The van der Waals surface area contributed by atoms with Gasteiger partial charge < -0.3 is 9.84 Å². The molecule has 124 valence electrons. The van der Waals surface area contributed by atoms with Crippen molar-refractivity contribution < 1.29 is 9.84 Å². The van der Waals surface area contributed by atoms with E-state index in [1.54, 1.807) is 7.11 Å². The largest absolute Gasteiger partial charge is 0.396 e. The summed E-state index contributed by atoms with van der Waals surface area (Å²) in [7, 11) is 1.73. The third-order valence-corrected chi connectivity index (χ3v) is 3.97. The number of hydrogen-bond acceptors (Lipinski definition) is 2. The summed E-state index contributed by atoms with van der Waals surface area (Å²) in [5.74, 6) is 0.631. The lowest BCUT2D eigenvalue weighted by Crippen LogP contribution is -1.98. The first-order chi connectivity index (χ1) is 10.8. The Balaban J connectivity index is 2.40. The second kappa shape index (κ2) is 12.4. The highest BCUT2D eigenvalue weighted by Crippen LogP contribution is 2.17. The Hall–Kier alpha value is -1.12. The van der Waals surface area contributed by atoms with Gasteiger partial charge in [-0.25, -0.2) is 0 Å². The molecule has 0 amide bonds. The van der Waals surface area contributed by atoms with Gasteiger partial charge in [-0.3, -0.25) is 0 Å². The SMILES string of the molecule is CCCC[C@H](/C=C/CCc1cccc(COC)c1)CCCO. The Morgan fingerprint density at radius 1 is 1.18 bits per heavy atom. The third-order valence-electron chi connectivity index (χ3n) is 3.97. The zero-order valence-electron chi connectivity index (χ0n) is 14.3. The monoisotopic (exact) mass is 304 g/mol. The van der Waals surface area contributed by atoms with E-state index in [9.17, 15) is 0 Å². The molecule has 0 bridgehead atoms. The zero-order valence-corrected chi connectivity index (χ0v) is 14.3. The molecular formula is C20H32O2. The van der Waals surface area contributed by atoms with Gasteiger partial charge in [-0.1, -0.05) is 56.2 Å². The van der Waals surface area contributed by atoms with Crippen LogP contribution in [-0.4, -0.2) is 18.8 Å². The van der Waals surface area contributed by atoms with Gasteiger partial charge in [0.1, 0.15) is 0 Å². The van der Waals surface area contributed by atoms with Crippen molar-refractivity contribution in [3.63, 3.8) is 0 Å². The number of aliphatic hydroxyl groups excluding tert-OH is 1. The molecule has 0 saturated heterocycles. The molecule has 0 aliphatic heterocycles. The normalized spacial score (nSPS) is 12.9. The van der Waals surface area contributed by atoms with Crippen molar-refractivity contribution in [3.05, 3.63) is 47.5 Å². The van der Waals surface area contributed by atoms with Crippen LogP contribution >= 0.6 is 0 Å². The fourth-order valence-corrected chi connectivity index (χ4v) is 2.74. The summed E-state index contributed by atoms with van der Waals surface area (Å²) in [6.45, 7) is 3.23. The van der Waals surface area contributed by atoms with Gasteiger partial charge in [0.25, 0.3) is 0 Å². The molecule has 0 aromatic heterocycles. The van der Waals surface area contributed by atoms with E-state index in [0.717, 1.165) is 25.7 Å². The van der Waals surface area contributed by atoms with E-state index >= 15 is 0 Å². The molecule has 0 spiro atoms. The number of allylic oxidation sites excluding steroid dienone is 2. The molecule has 0 aliphatic carbocycles. The average molecular weight is 304 g/mol. The number of rotatable bonds is 12. The summed E-state index contributed by atoms with van der Waals surface area (Å²) in [5, 5.41) is 9.00. The molecule has 1 N–H and O–H groups in total. The molecule has 22 heavy (non-hydrogen) atoms. The number of aryl methyl sites for hydroxylation is 1. The highest BCUT2D eigenvalue weighted by Gasteiger charge is 2.03. The molecule has 2 heteroatoms. The minimum atomic E-state index is 0.308. The fraction of sp³-hybridized carbons (Fsp3) is 0.600. The first-order valence-corrected chi connectivity index (χ1v) is 8.64. The second-order valence-electron chi connectivity index (χ2n) is 5.99. The van der Waals surface area contributed by atoms with E-state index in [4.69, 9.17) is 9.84 Å². The number of unbranched alkanes of at least 4 members (excludes halogenated alkanes) is 1. The maximum Gasteiger partial charge on any atom is 0.0713 e. The molecule has 1 aromatic rings. The van der Waals surface area contributed by atoms with Gasteiger partial charge in [0.05, 0.1) is 6.61 Å². The van der Waals surface area contributed by atoms with Crippen LogP contribution in [0.3, 0.4) is 0 Å². The first-order valence-electron chi connectivity index (χ1n) is 8.64. The van der Waals surface area contributed by atoms with Crippen molar-refractivity contribution in [2.24, 2.45) is 5.92 Å². The number of hydrogen-bond donors (Lipinski definition) is 1. The van der Waals surface area contributed by atoms with Crippen LogP contribution in [0.1, 0.15) is 56.6 Å². The van der Waals surface area contributed by atoms with Crippen molar-refractivity contribution >= 4 is 0 Å². The summed E-state index contributed by atoms with van der Waals surface area (Å²) in [4.78, 5) is 0. The first kappa shape index (κ1) is 18.9. The molecule has 0 unspecified atom stereocenters. The molecule has 0 aliphatic rings. The predicted octanol–water partition coefficient (Wildman–Crippen LogP) is 4.90. The van der Waals surface area contributed by atoms with Gasteiger partial charge in [-0.15, -0.1) is 0 Å². The van der Waals surface area contributed by atoms with Crippen LogP contribution in [0.15, 0.2) is 36.4 Å². The summed E-state index contributed by atoms with van der Waals surface area (Å²) < 4.78 is 5.18. The van der Waals surface area contributed by atoms with Crippen molar-refractivity contribution in [3.8, 4) is 0 Å². The van der Waals surface area contributed by atoms with Gasteiger partial charge in [-0.05, 0) is 49.1 Å². The molecule has 0 heterocycles. The van der Waals surface area contributed by atoms with E-state index in [-0.39, 0.29) is 0 Å². The number of methoxy groups -OCH3 is 1. The van der Waals surface area contributed by atoms with Gasteiger partial charge in [-0.2, -0.15) is 0 Å². The van der Waals surface area contributed by atoms with Crippen molar-refractivity contribution in [2.45, 2.75) is 58.5 Å². The Labute approximate surface area is 136 Å². The quantitative estimate of drug-likeness (QED) is 0.556. The molecule has 2 nitrogen and oxygen atoms in total. The molecule has 0 radical (unpaired) electrons. The van der Waals surface area contributed by atoms with E-state index in [0.29, 0.717) is 19.1 Å². The minimum Gasteiger partial charge on any atom is -0.396 e. The Bertz CT molecular complexity index is 404. The van der Waals surface area contributed by atoms with Gasteiger partial charge in [0.2, 0.25) is 0 Å². The highest BCUT2D eigenvalue weighted by molar-refractivity contribution is 5.23. The fourth-order valence-electron chi connectivity index (χ4n) is 2.74. The standard InChI is InChI=1S/C20H32O2/c1-3-4-9-18(14-8-15-21)10-5-6-11-19-12-7-13-20(16-19)17-22-2/h5,7,10,12-13,16,18,21H,3-4,6,8-9,11,14-15,17H2,1-2H3/b10-5+/t18-/m1/s1. The van der Waals surface area contributed by atoms with Gasteiger partial charge >= 0.3 is 0 Å². The molecule has 1 rings (SSSR count). The molecule has 0 fully saturated rings. The van der Waals surface area contributed by atoms with Crippen LogP contribution in [-0.2, 0) is 17.8 Å². The van der Waals surface area contributed by atoms with Crippen LogP contribution in [0.4, 0.5) is 0 Å². The lowest BCUT2D eigenvalue weighted by Gasteiger charge is -2.11. The average Bonchev–Trinajstić information content (AvgIpc) is 2.54. The topological polar surface area (TPSA) is 29.5 Å². The summed E-state index contributed by atoms with van der Waals surface area (Å²) >= 11 is 0. The van der Waals surface area contributed by atoms with Gasteiger partial charge in [0.15, 0.2) is 0 Å².